The van der Waals surface area contributed by atoms with Crippen molar-refractivity contribution in [3.05, 3.63) is 23.2 Å². The fourth-order valence-electron chi connectivity index (χ4n) is 3.26. The monoisotopic (exact) mass is 345 g/mol. The van der Waals surface area contributed by atoms with Crippen molar-refractivity contribution < 1.29 is 9.59 Å². The third kappa shape index (κ3) is 2.29. The number of nitrogens with one attached hydrogen (secondary N) is 2. The molecule has 7 nitrogen and oxygen atoms in total. The lowest BCUT2D eigenvalue weighted by Gasteiger charge is -2.35. The highest BCUT2D eigenvalue weighted by Gasteiger charge is 2.47. The van der Waals surface area contributed by atoms with Crippen LogP contribution in [0.5, 0.6) is 0 Å². The summed E-state index contributed by atoms with van der Waals surface area (Å²) < 4.78 is 1.09. The van der Waals surface area contributed by atoms with Crippen LogP contribution >= 0.6 is 11.3 Å². The van der Waals surface area contributed by atoms with E-state index in [0.717, 1.165) is 10.2 Å². The largest absolute Gasteiger partial charge is 0.350 e. The van der Waals surface area contributed by atoms with Crippen LogP contribution in [-0.2, 0) is 4.79 Å². The molecular formula is C16H19N5O2S. The molecule has 0 radical (unpaired) electrons. The molecule has 126 valence electrons. The van der Waals surface area contributed by atoms with Crippen molar-refractivity contribution >= 4 is 39.3 Å². The normalized spacial score (nSPS) is 19.7. The van der Waals surface area contributed by atoms with Crippen LogP contribution in [-0.4, -0.2) is 65.3 Å². The third-order valence-corrected chi connectivity index (χ3v) is 5.60. The quantitative estimate of drug-likeness (QED) is 0.816. The molecule has 4 rings (SSSR count). The first-order valence-corrected chi connectivity index (χ1v) is 8.81. The highest BCUT2D eigenvalue weighted by molar-refractivity contribution is 7.17. The molecule has 24 heavy (non-hydrogen) atoms. The van der Waals surface area contributed by atoms with Gasteiger partial charge in [0.2, 0.25) is 5.96 Å². The summed E-state index contributed by atoms with van der Waals surface area (Å²) in [6.45, 7) is 1.06. The van der Waals surface area contributed by atoms with Crippen molar-refractivity contribution in [2.45, 2.75) is 18.4 Å². The number of guanidine groups is 1. The number of amides is 2. The Kier molecular flexibility index (Phi) is 3.38. The van der Waals surface area contributed by atoms with Crippen LogP contribution < -0.4 is 5.32 Å². The average molecular weight is 345 g/mol. The number of nitrogens with zero attached hydrogens (tertiary/aromatic N) is 3. The van der Waals surface area contributed by atoms with E-state index in [-0.39, 0.29) is 11.8 Å². The number of thiophene rings is 1. The molecule has 0 saturated carbocycles. The van der Waals surface area contributed by atoms with E-state index in [9.17, 15) is 9.59 Å². The minimum Gasteiger partial charge on any atom is -0.350 e. The summed E-state index contributed by atoms with van der Waals surface area (Å²) in [5, 5.41) is 4.83. The number of fused-ring (bicyclic) bond motifs is 1. The Bertz CT molecular complexity index is 813. The van der Waals surface area contributed by atoms with Crippen molar-refractivity contribution in [3.63, 3.8) is 0 Å². The molecule has 2 aromatic rings. The number of hydrogen-bond acceptors (Lipinski definition) is 5. The van der Waals surface area contributed by atoms with Gasteiger partial charge in [-0.3, -0.25) is 14.9 Å². The summed E-state index contributed by atoms with van der Waals surface area (Å²) in [5.74, 6) is 0.534. The van der Waals surface area contributed by atoms with E-state index in [4.69, 9.17) is 0 Å². The van der Waals surface area contributed by atoms with Crippen molar-refractivity contribution in [3.8, 4) is 0 Å². The summed E-state index contributed by atoms with van der Waals surface area (Å²) in [6.07, 6.45) is 1.11. The second kappa shape index (κ2) is 5.34. The van der Waals surface area contributed by atoms with E-state index >= 15 is 0 Å². The number of H-pyrrole nitrogens is 1. The molecule has 4 heterocycles. The van der Waals surface area contributed by atoms with Crippen LogP contribution in [0.3, 0.4) is 0 Å². The fraction of sp³-hybridized carbons (Fsp3) is 0.438. The van der Waals surface area contributed by atoms with Crippen molar-refractivity contribution in [2.75, 3.05) is 27.2 Å². The molecule has 2 aliphatic heterocycles. The van der Waals surface area contributed by atoms with E-state index in [1.54, 1.807) is 21.1 Å². The minimum absolute atomic E-state index is 0.0107. The van der Waals surface area contributed by atoms with Gasteiger partial charge in [-0.15, -0.1) is 11.3 Å². The lowest BCUT2D eigenvalue weighted by Crippen LogP contribution is -2.50. The lowest BCUT2D eigenvalue weighted by atomic mass is 9.88. The fourth-order valence-corrected chi connectivity index (χ4v) is 4.05. The van der Waals surface area contributed by atoms with Gasteiger partial charge in [-0.2, -0.15) is 0 Å². The van der Waals surface area contributed by atoms with Crippen molar-refractivity contribution in [2.24, 2.45) is 4.99 Å². The van der Waals surface area contributed by atoms with Crippen LogP contribution in [0.2, 0.25) is 0 Å². The SMILES string of the molecule is CN(C)C1=NC2(CCN(C(=O)c3cc4sccc4[nH]3)CC2)C(=O)N1. The molecule has 1 saturated heterocycles. The predicted octanol–water partition coefficient (Wildman–Crippen LogP) is 1.25. The Morgan fingerprint density at radius 1 is 1.38 bits per heavy atom. The molecule has 2 aromatic heterocycles. The Morgan fingerprint density at radius 2 is 2.12 bits per heavy atom. The summed E-state index contributed by atoms with van der Waals surface area (Å²) in [6, 6.07) is 3.87. The lowest BCUT2D eigenvalue weighted by molar-refractivity contribution is -0.125. The maximum absolute atomic E-state index is 12.7. The zero-order valence-electron chi connectivity index (χ0n) is 13.6. The minimum atomic E-state index is -0.716. The van der Waals surface area contributed by atoms with Gasteiger partial charge >= 0.3 is 0 Å². The highest BCUT2D eigenvalue weighted by Crippen LogP contribution is 2.31. The first-order chi connectivity index (χ1) is 11.5. The number of aromatic nitrogens is 1. The number of aliphatic imine (C=N–C) groups is 1. The molecule has 0 aliphatic carbocycles. The Morgan fingerprint density at radius 3 is 2.75 bits per heavy atom. The Hall–Kier alpha value is -2.35. The van der Waals surface area contributed by atoms with E-state index in [0.29, 0.717) is 37.6 Å². The van der Waals surface area contributed by atoms with Crippen LogP contribution in [0, 0.1) is 0 Å². The summed E-state index contributed by atoms with van der Waals surface area (Å²) in [7, 11) is 3.71. The molecule has 0 aromatic carbocycles. The smallest absolute Gasteiger partial charge is 0.270 e. The predicted molar refractivity (Wildman–Crippen MR) is 93.3 cm³/mol. The maximum Gasteiger partial charge on any atom is 0.270 e. The summed E-state index contributed by atoms with van der Waals surface area (Å²) in [5.41, 5.74) is 0.889. The van der Waals surface area contributed by atoms with Crippen LogP contribution in [0.4, 0.5) is 0 Å². The molecule has 2 aliphatic rings. The average Bonchev–Trinajstić information content (AvgIpc) is 3.22. The third-order valence-electron chi connectivity index (χ3n) is 4.74. The first-order valence-electron chi connectivity index (χ1n) is 7.93. The summed E-state index contributed by atoms with van der Waals surface area (Å²) in [4.78, 5) is 36.4. The van der Waals surface area contributed by atoms with Gasteiger partial charge in [0.25, 0.3) is 11.8 Å². The van der Waals surface area contributed by atoms with Gasteiger partial charge in [0, 0.05) is 27.2 Å². The van der Waals surface area contributed by atoms with Gasteiger partial charge < -0.3 is 14.8 Å². The standard InChI is InChI=1S/C16H19N5O2S/c1-20(2)15-18-14(23)16(19-15)4-6-21(7-5-16)13(22)11-9-12-10(17-11)3-8-24-12/h3,8-9,17H,4-7H2,1-2H3,(H,18,19,23). The number of carbonyl (C=O) groups excluding carboxylic acids is 2. The van der Waals surface area contributed by atoms with Gasteiger partial charge in [0.1, 0.15) is 11.2 Å². The molecule has 0 unspecified atom stereocenters. The number of rotatable bonds is 1. The van der Waals surface area contributed by atoms with Crippen molar-refractivity contribution in [1.29, 1.82) is 0 Å². The number of carbonyl (C=O) groups is 2. The number of aromatic amines is 1. The van der Waals surface area contributed by atoms with Crippen molar-refractivity contribution in [1.82, 2.24) is 20.1 Å². The second-order valence-electron chi connectivity index (χ2n) is 6.49. The molecule has 2 N–H and O–H groups in total. The molecular weight excluding hydrogens is 326 g/mol. The summed E-state index contributed by atoms with van der Waals surface area (Å²) >= 11 is 1.61. The molecule has 1 fully saturated rings. The molecule has 1 spiro atoms. The van der Waals surface area contributed by atoms with Gasteiger partial charge in [-0.1, -0.05) is 0 Å². The molecule has 8 heteroatoms. The Balaban J connectivity index is 1.49. The molecule has 0 bridgehead atoms. The van der Waals surface area contributed by atoms with E-state index in [1.807, 2.05) is 31.6 Å². The number of hydrogen-bond donors (Lipinski definition) is 2. The number of piperidine rings is 1. The first kappa shape index (κ1) is 15.2. The van der Waals surface area contributed by atoms with Gasteiger partial charge in [-0.25, -0.2) is 4.99 Å². The van der Waals surface area contributed by atoms with E-state index in [2.05, 4.69) is 15.3 Å². The molecule has 0 atom stereocenters. The van der Waals surface area contributed by atoms with E-state index < -0.39 is 5.54 Å². The second-order valence-corrected chi connectivity index (χ2v) is 7.44. The maximum atomic E-state index is 12.7. The Labute approximate surface area is 143 Å². The molecule has 2 amide bonds. The highest BCUT2D eigenvalue weighted by atomic mass is 32.1. The van der Waals surface area contributed by atoms with Gasteiger partial charge in [0.05, 0.1) is 10.2 Å². The van der Waals surface area contributed by atoms with Crippen LogP contribution in [0.15, 0.2) is 22.5 Å². The zero-order chi connectivity index (χ0) is 16.9. The van der Waals surface area contributed by atoms with Crippen LogP contribution in [0.1, 0.15) is 23.3 Å². The topological polar surface area (TPSA) is 80.8 Å². The zero-order valence-corrected chi connectivity index (χ0v) is 14.4. The number of likely N-dealkylation sites (tertiary alicyclic amines) is 1. The van der Waals surface area contributed by atoms with Crippen LogP contribution in [0.25, 0.3) is 10.2 Å². The van der Waals surface area contributed by atoms with E-state index in [1.165, 1.54) is 0 Å². The van der Waals surface area contributed by atoms with Gasteiger partial charge in [0.15, 0.2) is 0 Å². The van der Waals surface area contributed by atoms with Gasteiger partial charge in [-0.05, 0) is 30.4 Å².